The first kappa shape index (κ1) is 17.6. The summed E-state index contributed by atoms with van der Waals surface area (Å²) in [6.07, 6.45) is 6.18. The van der Waals surface area contributed by atoms with E-state index in [0.29, 0.717) is 12.1 Å². The van der Waals surface area contributed by atoms with E-state index >= 15 is 0 Å². The van der Waals surface area contributed by atoms with Crippen molar-refractivity contribution < 1.29 is 4.74 Å². The molecule has 0 spiro atoms. The van der Waals surface area contributed by atoms with Crippen LogP contribution in [0.5, 0.6) is 5.75 Å². The van der Waals surface area contributed by atoms with E-state index in [0.717, 1.165) is 31.7 Å². The number of fused-ring (bicyclic) bond motifs is 1. The van der Waals surface area contributed by atoms with Crippen LogP contribution in [0.1, 0.15) is 48.9 Å². The molecule has 2 aromatic rings. The Morgan fingerprint density at radius 2 is 1.85 bits per heavy atom. The SMILES string of the molecule is CC(Oc1ccc(CC2NCCc3ccccc32)cc1)C1CCCCN1. The zero-order valence-electron chi connectivity index (χ0n) is 15.7. The molecule has 2 heterocycles. The summed E-state index contributed by atoms with van der Waals surface area (Å²) in [5.74, 6) is 0.977. The van der Waals surface area contributed by atoms with E-state index in [9.17, 15) is 0 Å². The van der Waals surface area contributed by atoms with E-state index in [4.69, 9.17) is 4.74 Å². The second-order valence-electron chi connectivity index (χ2n) is 7.68. The summed E-state index contributed by atoms with van der Waals surface area (Å²) in [6, 6.07) is 18.4. The summed E-state index contributed by atoms with van der Waals surface area (Å²) >= 11 is 0. The van der Waals surface area contributed by atoms with Crippen molar-refractivity contribution in [3.8, 4) is 5.75 Å². The number of nitrogens with one attached hydrogen (secondary N) is 2. The summed E-state index contributed by atoms with van der Waals surface area (Å²) < 4.78 is 6.18. The van der Waals surface area contributed by atoms with Crippen LogP contribution in [-0.2, 0) is 12.8 Å². The van der Waals surface area contributed by atoms with Crippen molar-refractivity contribution in [1.82, 2.24) is 10.6 Å². The van der Waals surface area contributed by atoms with Crippen molar-refractivity contribution in [2.75, 3.05) is 13.1 Å². The van der Waals surface area contributed by atoms with Gasteiger partial charge in [0.25, 0.3) is 0 Å². The van der Waals surface area contributed by atoms with Gasteiger partial charge in [0.15, 0.2) is 0 Å². The van der Waals surface area contributed by atoms with E-state index in [1.54, 1.807) is 0 Å². The third kappa shape index (κ3) is 4.11. The molecule has 26 heavy (non-hydrogen) atoms. The van der Waals surface area contributed by atoms with Crippen LogP contribution in [0.4, 0.5) is 0 Å². The van der Waals surface area contributed by atoms with Crippen LogP contribution < -0.4 is 15.4 Å². The van der Waals surface area contributed by atoms with Gasteiger partial charge in [-0.1, -0.05) is 42.8 Å². The third-order valence-corrected chi connectivity index (χ3v) is 5.82. The second kappa shape index (κ2) is 8.24. The van der Waals surface area contributed by atoms with Crippen molar-refractivity contribution in [2.45, 2.75) is 57.2 Å². The van der Waals surface area contributed by atoms with Crippen molar-refractivity contribution >= 4 is 0 Å². The quantitative estimate of drug-likeness (QED) is 0.854. The number of hydrogen-bond donors (Lipinski definition) is 2. The number of benzene rings is 2. The molecule has 2 N–H and O–H groups in total. The Morgan fingerprint density at radius 3 is 2.65 bits per heavy atom. The summed E-state index contributed by atoms with van der Waals surface area (Å²) in [7, 11) is 0. The van der Waals surface area contributed by atoms with Crippen LogP contribution in [0.25, 0.3) is 0 Å². The van der Waals surface area contributed by atoms with Crippen LogP contribution in [0, 0.1) is 0 Å². The Bertz CT molecular complexity index is 706. The molecule has 4 rings (SSSR count). The second-order valence-corrected chi connectivity index (χ2v) is 7.68. The number of rotatable bonds is 5. The van der Waals surface area contributed by atoms with Gasteiger partial charge in [-0.05, 0) is 74.5 Å². The largest absolute Gasteiger partial charge is 0.489 e. The Morgan fingerprint density at radius 1 is 1.00 bits per heavy atom. The van der Waals surface area contributed by atoms with E-state index in [-0.39, 0.29) is 6.10 Å². The molecule has 2 aliphatic rings. The molecule has 0 amide bonds. The smallest absolute Gasteiger partial charge is 0.119 e. The van der Waals surface area contributed by atoms with Crippen LogP contribution in [-0.4, -0.2) is 25.2 Å². The normalized spacial score (nSPS) is 23.9. The van der Waals surface area contributed by atoms with Crippen LogP contribution in [0.15, 0.2) is 48.5 Å². The standard InChI is InChI=1S/C23H30N2O/c1-17(22-8-4-5-14-24-22)26-20-11-9-18(10-12-20)16-23-21-7-3-2-6-19(21)13-15-25-23/h2-3,6-7,9-12,17,22-25H,4-5,8,13-16H2,1H3. The van der Waals surface area contributed by atoms with Crippen molar-refractivity contribution in [1.29, 1.82) is 0 Å². The molecule has 0 aliphatic carbocycles. The number of hydrogen-bond acceptors (Lipinski definition) is 3. The van der Waals surface area contributed by atoms with E-state index in [1.807, 2.05) is 0 Å². The van der Waals surface area contributed by atoms with E-state index in [1.165, 1.54) is 36.0 Å². The highest BCUT2D eigenvalue weighted by atomic mass is 16.5. The highest BCUT2D eigenvalue weighted by molar-refractivity contribution is 5.35. The molecule has 2 aliphatic heterocycles. The Labute approximate surface area is 157 Å². The lowest BCUT2D eigenvalue weighted by atomic mass is 9.90. The zero-order chi connectivity index (χ0) is 17.8. The fourth-order valence-corrected chi connectivity index (χ4v) is 4.29. The highest BCUT2D eigenvalue weighted by Crippen LogP contribution is 2.27. The lowest BCUT2D eigenvalue weighted by Gasteiger charge is -2.29. The topological polar surface area (TPSA) is 33.3 Å². The van der Waals surface area contributed by atoms with Gasteiger partial charge in [0, 0.05) is 12.1 Å². The first-order chi connectivity index (χ1) is 12.8. The van der Waals surface area contributed by atoms with Crippen molar-refractivity contribution in [3.63, 3.8) is 0 Å². The molecule has 0 radical (unpaired) electrons. The molecule has 0 bridgehead atoms. The van der Waals surface area contributed by atoms with Gasteiger partial charge in [-0.25, -0.2) is 0 Å². The van der Waals surface area contributed by atoms with Crippen LogP contribution in [0.3, 0.4) is 0 Å². The van der Waals surface area contributed by atoms with Gasteiger partial charge < -0.3 is 15.4 Å². The minimum atomic E-state index is 0.216. The summed E-state index contributed by atoms with van der Waals surface area (Å²) in [5.41, 5.74) is 4.30. The predicted molar refractivity (Wildman–Crippen MR) is 107 cm³/mol. The van der Waals surface area contributed by atoms with Gasteiger partial charge in [0.1, 0.15) is 11.9 Å². The molecule has 3 unspecified atom stereocenters. The molecular weight excluding hydrogens is 320 g/mol. The summed E-state index contributed by atoms with van der Waals surface area (Å²) in [4.78, 5) is 0. The lowest BCUT2D eigenvalue weighted by molar-refractivity contribution is 0.152. The maximum Gasteiger partial charge on any atom is 0.119 e. The molecule has 3 heteroatoms. The van der Waals surface area contributed by atoms with Gasteiger partial charge in [-0.15, -0.1) is 0 Å². The average Bonchev–Trinajstić information content (AvgIpc) is 2.70. The summed E-state index contributed by atoms with van der Waals surface area (Å²) in [6.45, 7) is 4.36. The van der Waals surface area contributed by atoms with Crippen LogP contribution >= 0.6 is 0 Å². The molecule has 3 atom stereocenters. The van der Waals surface area contributed by atoms with Crippen molar-refractivity contribution in [2.24, 2.45) is 0 Å². The highest BCUT2D eigenvalue weighted by Gasteiger charge is 2.21. The van der Waals surface area contributed by atoms with Gasteiger partial charge in [-0.2, -0.15) is 0 Å². The predicted octanol–water partition coefficient (Wildman–Crippen LogP) is 4.03. The van der Waals surface area contributed by atoms with Crippen molar-refractivity contribution in [3.05, 3.63) is 65.2 Å². The third-order valence-electron chi connectivity index (χ3n) is 5.82. The first-order valence-corrected chi connectivity index (χ1v) is 10.1. The molecule has 1 saturated heterocycles. The molecule has 0 aromatic heterocycles. The lowest BCUT2D eigenvalue weighted by Crippen LogP contribution is -2.44. The number of piperidine rings is 1. The van der Waals surface area contributed by atoms with E-state index < -0.39 is 0 Å². The fraction of sp³-hybridized carbons (Fsp3) is 0.478. The first-order valence-electron chi connectivity index (χ1n) is 10.1. The zero-order valence-corrected chi connectivity index (χ0v) is 15.7. The van der Waals surface area contributed by atoms with Gasteiger partial charge >= 0.3 is 0 Å². The maximum absolute atomic E-state index is 6.18. The van der Waals surface area contributed by atoms with Gasteiger partial charge in [0.05, 0.1) is 0 Å². The minimum absolute atomic E-state index is 0.216. The Hall–Kier alpha value is -1.84. The van der Waals surface area contributed by atoms with Gasteiger partial charge in [0.2, 0.25) is 0 Å². The molecule has 2 aromatic carbocycles. The average molecular weight is 351 g/mol. The van der Waals surface area contributed by atoms with E-state index in [2.05, 4.69) is 66.1 Å². The maximum atomic E-state index is 6.18. The summed E-state index contributed by atoms with van der Waals surface area (Å²) in [5, 5.41) is 7.25. The Kier molecular flexibility index (Phi) is 5.57. The molecule has 0 saturated carbocycles. The number of ether oxygens (including phenoxy) is 1. The molecule has 138 valence electrons. The monoisotopic (exact) mass is 350 g/mol. The van der Waals surface area contributed by atoms with Gasteiger partial charge in [-0.3, -0.25) is 0 Å². The fourth-order valence-electron chi connectivity index (χ4n) is 4.29. The minimum Gasteiger partial charge on any atom is -0.489 e. The molecular formula is C23H30N2O. The molecule has 1 fully saturated rings. The Balaban J connectivity index is 1.37. The molecule has 3 nitrogen and oxygen atoms in total. The van der Waals surface area contributed by atoms with Crippen LogP contribution in [0.2, 0.25) is 0 Å².